The van der Waals surface area contributed by atoms with Crippen molar-refractivity contribution >= 4 is 41.8 Å². The number of guanidine groups is 1. The quantitative estimate of drug-likeness (QED) is 0.263. The third-order valence-electron chi connectivity index (χ3n) is 5.20. The minimum atomic E-state index is -0.112. The zero-order chi connectivity index (χ0) is 22.1. The van der Waals surface area contributed by atoms with E-state index in [0.29, 0.717) is 37.3 Å². The molecular formula is C22H37IN6O2. The lowest BCUT2D eigenvalue weighted by Gasteiger charge is -2.30. The Bertz CT molecular complexity index is 728. The van der Waals surface area contributed by atoms with Gasteiger partial charge in [-0.3, -0.25) is 19.5 Å². The lowest BCUT2D eigenvalue weighted by Crippen LogP contribution is -2.49. The topological polar surface area (TPSA) is 89.1 Å². The number of aliphatic imine (C=N–C) groups is 1. The van der Waals surface area contributed by atoms with E-state index in [1.807, 2.05) is 24.3 Å². The van der Waals surface area contributed by atoms with Crippen molar-refractivity contribution in [1.82, 2.24) is 25.8 Å². The van der Waals surface area contributed by atoms with Crippen molar-refractivity contribution in [1.29, 1.82) is 0 Å². The number of hydrogen-bond donors (Lipinski definition) is 3. The third-order valence-corrected chi connectivity index (χ3v) is 5.20. The van der Waals surface area contributed by atoms with Gasteiger partial charge >= 0.3 is 0 Å². The van der Waals surface area contributed by atoms with E-state index in [1.54, 1.807) is 11.9 Å². The number of nitrogens with zero attached hydrogens (tertiary/aromatic N) is 3. The van der Waals surface area contributed by atoms with Crippen LogP contribution in [-0.2, 0) is 11.3 Å². The molecule has 9 heteroatoms. The summed E-state index contributed by atoms with van der Waals surface area (Å²) >= 11 is 0. The molecule has 0 spiro atoms. The van der Waals surface area contributed by atoms with Crippen molar-refractivity contribution in [3.05, 3.63) is 35.4 Å². The second kappa shape index (κ2) is 13.5. The average molecular weight is 544 g/mol. The molecule has 174 valence electrons. The minimum absolute atomic E-state index is 0. The molecule has 2 rings (SSSR count). The highest BCUT2D eigenvalue weighted by Gasteiger charge is 2.22. The summed E-state index contributed by atoms with van der Waals surface area (Å²) in [5.41, 5.74) is 1.65. The van der Waals surface area contributed by atoms with E-state index in [2.05, 4.69) is 53.5 Å². The van der Waals surface area contributed by atoms with Crippen molar-refractivity contribution in [3.8, 4) is 0 Å². The molecule has 1 aliphatic heterocycles. The summed E-state index contributed by atoms with van der Waals surface area (Å²) in [6.07, 6.45) is 0. The Morgan fingerprint density at radius 1 is 1.16 bits per heavy atom. The minimum Gasteiger partial charge on any atom is -0.355 e. The zero-order valence-electron chi connectivity index (χ0n) is 19.3. The summed E-state index contributed by atoms with van der Waals surface area (Å²) < 4.78 is 0. The van der Waals surface area contributed by atoms with Crippen LogP contribution in [0.4, 0.5) is 0 Å². The maximum atomic E-state index is 12.5. The highest BCUT2D eigenvalue weighted by atomic mass is 127. The lowest BCUT2D eigenvalue weighted by molar-refractivity contribution is -0.123. The first kappa shape index (κ1) is 27.2. The van der Waals surface area contributed by atoms with Gasteiger partial charge in [0.2, 0.25) is 5.91 Å². The van der Waals surface area contributed by atoms with Crippen LogP contribution in [0, 0.1) is 0 Å². The number of nitrogens with one attached hydrogen (secondary N) is 3. The fraction of sp³-hybridized carbons (Fsp3) is 0.591. The van der Waals surface area contributed by atoms with Crippen LogP contribution in [0.15, 0.2) is 29.3 Å². The van der Waals surface area contributed by atoms with E-state index in [4.69, 9.17) is 0 Å². The number of benzene rings is 1. The number of rotatable bonds is 8. The smallest absolute Gasteiger partial charge is 0.254 e. The molecule has 3 N–H and O–H groups in total. The highest BCUT2D eigenvalue weighted by Crippen LogP contribution is 2.09. The van der Waals surface area contributed by atoms with Crippen LogP contribution >= 0.6 is 24.0 Å². The molecule has 8 nitrogen and oxygen atoms in total. The predicted molar refractivity (Wildman–Crippen MR) is 136 cm³/mol. The van der Waals surface area contributed by atoms with Gasteiger partial charge < -0.3 is 20.9 Å². The number of amides is 2. The molecule has 1 heterocycles. The molecule has 1 aliphatic rings. The van der Waals surface area contributed by atoms with Crippen LogP contribution in [0.3, 0.4) is 0 Å². The van der Waals surface area contributed by atoms with E-state index in [-0.39, 0.29) is 42.3 Å². The highest BCUT2D eigenvalue weighted by molar-refractivity contribution is 14.0. The van der Waals surface area contributed by atoms with E-state index in [1.165, 1.54) is 0 Å². The molecule has 1 fully saturated rings. The molecule has 0 unspecified atom stereocenters. The molecule has 1 aromatic rings. The zero-order valence-corrected chi connectivity index (χ0v) is 21.6. The molecular weight excluding hydrogens is 507 g/mol. The van der Waals surface area contributed by atoms with Crippen LogP contribution in [0.25, 0.3) is 0 Å². The van der Waals surface area contributed by atoms with Gasteiger partial charge in [0.1, 0.15) is 0 Å². The lowest BCUT2D eigenvalue weighted by atomic mass is 10.1. The Balaban J connectivity index is 0.00000480. The largest absolute Gasteiger partial charge is 0.355 e. The molecule has 2 amide bonds. The van der Waals surface area contributed by atoms with E-state index < -0.39 is 0 Å². The Hall–Kier alpha value is -1.88. The van der Waals surface area contributed by atoms with Gasteiger partial charge in [-0.15, -0.1) is 24.0 Å². The molecule has 0 radical (unpaired) electrons. The summed E-state index contributed by atoms with van der Waals surface area (Å²) in [7, 11) is 1.76. The van der Waals surface area contributed by atoms with Crippen molar-refractivity contribution in [2.75, 3.05) is 39.8 Å². The van der Waals surface area contributed by atoms with Crippen LogP contribution in [-0.4, -0.2) is 79.4 Å². The molecule has 0 aliphatic carbocycles. The number of hydrogen-bond acceptors (Lipinski definition) is 4. The standard InChI is InChI=1S/C22H36N6O2.HI/c1-16(2)28(17(3)4)13-11-25-22(23-5)26-14-18-6-8-19(9-7-18)21(30)27-12-10-24-20(29)15-27;/h6-9,16-17H,10-15H2,1-5H3,(H,24,29)(H2,23,25,26);1H. The monoisotopic (exact) mass is 544 g/mol. The summed E-state index contributed by atoms with van der Waals surface area (Å²) in [5.74, 6) is 0.530. The first-order valence-corrected chi connectivity index (χ1v) is 10.7. The number of piperazine rings is 1. The van der Waals surface area contributed by atoms with Gasteiger partial charge in [0.05, 0.1) is 6.54 Å². The van der Waals surface area contributed by atoms with Crippen molar-refractivity contribution in [2.45, 2.75) is 46.3 Å². The van der Waals surface area contributed by atoms with E-state index >= 15 is 0 Å². The Morgan fingerprint density at radius 3 is 2.35 bits per heavy atom. The number of halogens is 1. The summed E-state index contributed by atoms with van der Waals surface area (Å²) in [5, 5.41) is 9.39. The summed E-state index contributed by atoms with van der Waals surface area (Å²) in [4.78, 5) is 32.3. The second-order valence-electron chi connectivity index (χ2n) is 8.05. The van der Waals surface area contributed by atoms with Gasteiger partial charge in [-0.25, -0.2) is 0 Å². The number of carbonyl (C=O) groups is 2. The molecule has 0 atom stereocenters. The average Bonchev–Trinajstić information content (AvgIpc) is 2.72. The van der Waals surface area contributed by atoms with Crippen molar-refractivity contribution in [2.24, 2.45) is 4.99 Å². The van der Waals surface area contributed by atoms with Gasteiger partial charge in [0.25, 0.3) is 5.91 Å². The third kappa shape index (κ3) is 8.64. The van der Waals surface area contributed by atoms with Crippen molar-refractivity contribution in [3.63, 3.8) is 0 Å². The van der Waals surface area contributed by atoms with Gasteiger partial charge in [0, 0.05) is 57.4 Å². The molecule has 0 aromatic heterocycles. The van der Waals surface area contributed by atoms with E-state index in [0.717, 1.165) is 24.6 Å². The van der Waals surface area contributed by atoms with Gasteiger partial charge in [0.15, 0.2) is 5.96 Å². The first-order valence-electron chi connectivity index (χ1n) is 10.7. The molecule has 31 heavy (non-hydrogen) atoms. The van der Waals surface area contributed by atoms with Crippen LogP contribution in [0.1, 0.15) is 43.6 Å². The summed E-state index contributed by atoms with van der Waals surface area (Å²) in [6.45, 7) is 12.4. The maximum absolute atomic E-state index is 12.5. The first-order chi connectivity index (χ1) is 14.3. The van der Waals surface area contributed by atoms with Crippen LogP contribution in [0.2, 0.25) is 0 Å². The second-order valence-corrected chi connectivity index (χ2v) is 8.05. The predicted octanol–water partition coefficient (Wildman–Crippen LogP) is 1.66. The van der Waals surface area contributed by atoms with Crippen molar-refractivity contribution < 1.29 is 9.59 Å². The normalized spacial score (nSPS) is 14.5. The molecule has 1 aromatic carbocycles. The van der Waals surface area contributed by atoms with Crippen LogP contribution < -0.4 is 16.0 Å². The SMILES string of the molecule is CN=C(NCCN(C(C)C)C(C)C)NCc1ccc(C(=O)N2CCNC(=O)C2)cc1.I. The van der Waals surface area contributed by atoms with Gasteiger partial charge in [-0.1, -0.05) is 12.1 Å². The molecule has 0 saturated carbocycles. The molecule has 1 saturated heterocycles. The van der Waals surface area contributed by atoms with E-state index in [9.17, 15) is 9.59 Å². The fourth-order valence-electron chi connectivity index (χ4n) is 3.58. The number of carbonyl (C=O) groups excluding carboxylic acids is 2. The summed E-state index contributed by atoms with van der Waals surface area (Å²) in [6, 6.07) is 8.48. The fourth-order valence-corrected chi connectivity index (χ4v) is 3.58. The Labute approximate surface area is 203 Å². The maximum Gasteiger partial charge on any atom is 0.254 e. The van der Waals surface area contributed by atoms with Gasteiger partial charge in [-0.2, -0.15) is 0 Å². The Kier molecular flexibility index (Phi) is 11.8. The van der Waals surface area contributed by atoms with Crippen LogP contribution in [0.5, 0.6) is 0 Å². The Morgan fingerprint density at radius 2 is 1.81 bits per heavy atom. The molecule has 0 bridgehead atoms. The van der Waals surface area contributed by atoms with Gasteiger partial charge in [-0.05, 0) is 45.4 Å².